The van der Waals surface area contributed by atoms with Crippen LogP contribution in [0.2, 0.25) is 0 Å². The average molecular weight is 846 g/mol. The lowest BCUT2D eigenvalue weighted by Crippen LogP contribution is -2.60. The minimum absolute atomic E-state index is 0.00415. The predicted octanol–water partition coefficient (Wildman–Crippen LogP) is 14.3. The van der Waals surface area contributed by atoms with Gasteiger partial charge in [0.25, 0.3) is 6.71 Å². The molecule has 9 aromatic rings. The third kappa shape index (κ3) is 5.92. The van der Waals surface area contributed by atoms with Gasteiger partial charge in [0.15, 0.2) is 0 Å². The summed E-state index contributed by atoms with van der Waals surface area (Å²) in [5, 5.41) is -0.356. The summed E-state index contributed by atoms with van der Waals surface area (Å²) in [6, 6.07) is -9.31. The second-order valence-corrected chi connectivity index (χ2v) is 20.0. The Kier molecular flexibility index (Phi) is 4.75. The topological polar surface area (TPSA) is 11.4 Å². The van der Waals surface area contributed by atoms with Gasteiger partial charge in [0.1, 0.15) is 0 Å². The summed E-state index contributed by atoms with van der Waals surface area (Å²) in [6.45, 7) is 15.5. The van der Waals surface area contributed by atoms with Gasteiger partial charge in [0, 0.05) is 49.4 Å². The van der Waals surface area contributed by atoms with Gasteiger partial charge >= 0.3 is 0 Å². The molecule has 11 rings (SSSR count). The van der Waals surface area contributed by atoms with Crippen LogP contribution in [-0.2, 0) is 16.2 Å². The molecular weight excluding hydrogens is 770 g/mol. The highest BCUT2D eigenvalue weighted by molar-refractivity contribution is 7.26. The molecule has 0 fully saturated rings. The third-order valence-corrected chi connectivity index (χ3v) is 12.6. The van der Waals surface area contributed by atoms with Crippen LogP contribution < -0.4 is 26.2 Å². The van der Waals surface area contributed by atoms with Gasteiger partial charge in [-0.3, -0.25) is 0 Å². The highest BCUT2D eigenvalue weighted by Gasteiger charge is 2.45. The standard InChI is InChI=1S/C57H54BN3S/c1-35-18-25-41(26-19-35)60-48-33-42(59(39-27-20-36(21-28-39)55(2,3)4)40-29-22-37(23-30-40)56(5,6)7)34-49-52(48)58(51-45-31-24-38(57(8,9)10)32-50(45)62-54(51)60)46-16-13-15-44-43-14-11-12-17-47(43)61(49)53(44)46/h11-34H,1-10H3/i11D,12D,13D,14D,15D,16D,17D,18D,19D,20D,21D,22D,23D,24D,25D,26D,27D,28D,29D,30D,31D,32D. The minimum Gasteiger partial charge on any atom is -0.310 e. The van der Waals surface area contributed by atoms with E-state index >= 15 is 0 Å². The summed E-state index contributed by atoms with van der Waals surface area (Å²) < 4.78 is 213. The number of rotatable bonds is 4. The van der Waals surface area contributed by atoms with Crippen LogP contribution in [0.5, 0.6) is 0 Å². The fourth-order valence-electron chi connectivity index (χ4n) is 8.37. The molecule has 0 saturated heterocycles. The number of fused-ring (bicyclic) bond motifs is 9. The zero-order chi connectivity index (χ0) is 62.2. The Hall–Kier alpha value is -6.04. The van der Waals surface area contributed by atoms with Crippen LogP contribution in [-0.4, -0.2) is 11.3 Å². The molecular formula is C57H54BN3S. The van der Waals surface area contributed by atoms with Crippen molar-refractivity contribution in [2.24, 2.45) is 0 Å². The molecule has 3 nitrogen and oxygen atoms in total. The summed E-state index contributed by atoms with van der Waals surface area (Å²) in [7, 11) is 0. The van der Waals surface area contributed by atoms with Crippen molar-refractivity contribution in [3.63, 3.8) is 0 Å². The van der Waals surface area contributed by atoms with Crippen LogP contribution in [0.4, 0.5) is 33.4 Å². The maximum absolute atomic E-state index is 9.94. The number of anilines is 6. The zero-order valence-electron chi connectivity index (χ0n) is 58.0. The van der Waals surface area contributed by atoms with Crippen LogP contribution in [0.3, 0.4) is 0 Å². The number of hydrogen-bond donors (Lipinski definition) is 0. The Balaban J connectivity index is 1.48. The summed E-state index contributed by atoms with van der Waals surface area (Å²) in [5.74, 6) is 0. The van der Waals surface area contributed by atoms with E-state index in [1.54, 1.807) is 62.3 Å². The van der Waals surface area contributed by atoms with Crippen LogP contribution in [0, 0.1) is 6.92 Å². The van der Waals surface area contributed by atoms with Crippen LogP contribution >= 0.6 is 11.3 Å². The van der Waals surface area contributed by atoms with Crippen molar-refractivity contribution < 1.29 is 30.2 Å². The number of para-hydroxylation sites is 2. The van der Waals surface area contributed by atoms with Gasteiger partial charge in [0.05, 0.1) is 46.4 Å². The SMILES string of the molecule is [2H]c1c([2H])c(N2c3cc(N(c4c([2H])c([2H])c(C(C)(C)C)c([2H])c4[2H])c4c([2H])c([2H])c(C(C)(C)C)c([2H])c4[2H])cc4c3B(c3c2sc2c([2H])c(C(C)(C)C)c([2H])c([2H])c32)c2c([2H])c([2H])c([2H])c3c5c([2H])c([2H])c([2H])c([2H])c5n-4c23)c([2H])c([2H])c1C. The largest absolute Gasteiger partial charge is 0.310 e. The van der Waals surface area contributed by atoms with Gasteiger partial charge in [-0.05, 0) is 122 Å². The van der Waals surface area contributed by atoms with E-state index in [0.29, 0.717) is 0 Å². The van der Waals surface area contributed by atoms with Gasteiger partial charge in [0.2, 0.25) is 0 Å². The normalized spacial score (nSPS) is 18.5. The van der Waals surface area contributed by atoms with E-state index in [1.807, 2.05) is 0 Å². The second-order valence-electron chi connectivity index (χ2n) is 19.0. The molecule has 0 saturated carbocycles. The molecule has 0 spiro atoms. The molecule has 0 amide bonds. The number of hydrogen-bond acceptors (Lipinski definition) is 3. The lowest BCUT2D eigenvalue weighted by atomic mass is 9.34. The molecule has 0 atom stereocenters. The Morgan fingerprint density at radius 3 is 1.76 bits per heavy atom. The minimum atomic E-state index is -1.42. The molecule has 4 heterocycles. The Morgan fingerprint density at radius 2 is 1.13 bits per heavy atom. The van der Waals surface area contributed by atoms with E-state index in [0.717, 1.165) is 16.2 Å². The van der Waals surface area contributed by atoms with E-state index in [2.05, 4.69) is 0 Å². The van der Waals surface area contributed by atoms with Crippen LogP contribution in [0.1, 0.15) is 115 Å². The van der Waals surface area contributed by atoms with Gasteiger partial charge in [-0.15, -0.1) is 11.3 Å². The first-order valence-electron chi connectivity index (χ1n) is 31.4. The highest BCUT2D eigenvalue weighted by atomic mass is 32.1. The molecule has 0 radical (unpaired) electrons. The summed E-state index contributed by atoms with van der Waals surface area (Å²) in [6.07, 6.45) is 0. The predicted molar refractivity (Wildman–Crippen MR) is 271 cm³/mol. The molecule has 0 bridgehead atoms. The molecule has 306 valence electrons. The smallest absolute Gasteiger partial charge is 0.254 e. The van der Waals surface area contributed by atoms with Crippen molar-refractivity contribution in [3.8, 4) is 5.69 Å². The number of thiophene rings is 1. The first-order valence-corrected chi connectivity index (χ1v) is 21.3. The number of benzene rings is 7. The van der Waals surface area contributed by atoms with Gasteiger partial charge in [-0.2, -0.15) is 0 Å². The molecule has 0 aliphatic carbocycles. The third-order valence-electron chi connectivity index (χ3n) is 11.5. The van der Waals surface area contributed by atoms with Gasteiger partial charge in [-0.25, -0.2) is 0 Å². The Bertz CT molecular complexity index is 4400. The summed E-state index contributed by atoms with van der Waals surface area (Å²) in [4.78, 5) is 2.41. The van der Waals surface area contributed by atoms with Crippen molar-refractivity contribution in [2.45, 2.75) is 85.5 Å². The fourth-order valence-corrected chi connectivity index (χ4v) is 9.59. The monoisotopic (exact) mass is 846 g/mol. The maximum atomic E-state index is 9.94. The zero-order valence-corrected chi connectivity index (χ0v) is 36.8. The van der Waals surface area contributed by atoms with Crippen molar-refractivity contribution in [2.75, 3.05) is 9.80 Å². The van der Waals surface area contributed by atoms with Crippen molar-refractivity contribution in [1.29, 1.82) is 0 Å². The van der Waals surface area contributed by atoms with Crippen molar-refractivity contribution in [1.82, 2.24) is 4.57 Å². The molecule has 2 aliphatic heterocycles. The second kappa shape index (κ2) is 13.5. The first-order chi connectivity index (χ1) is 38.8. The molecule has 62 heavy (non-hydrogen) atoms. The fraction of sp³-hybridized carbons (Fsp3) is 0.228. The Labute approximate surface area is 402 Å². The summed E-state index contributed by atoms with van der Waals surface area (Å²) in [5.41, 5.74) is -4.88. The number of aromatic nitrogens is 1. The van der Waals surface area contributed by atoms with Crippen LogP contribution in [0.25, 0.3) is 37.6 Å². The van der Waals surface area contributed by atoms with Crippen molar-refractivity contribution in [3.05, 3.63) is 167 Å². The van der Waals surface area contributed by atoms with E-state index in [-0.39, 0.29) is 111 Å². The quantitative estimate of drug-likeness (QED) is 0.164. The van der Waals surface area contributed by atoms with E-state index in [4.69, 9.17) is 2.74 Å². The molecule has 2 aliphatic rings. The molecule has 0 N–H and O–H groups in total. The van der Waals surface area contributed by atoms with Gasteiger partial charge < -0.3 is 14.4 Å². The summed E-state index contributed by atoms with van der Waals surface area (Å²) >= 11 is 0.910. The van der Waals surface area contributed by atoms with Crippen LogP contribution in [0.15, 0.2) is 145 Å². The van der Waals surface area contributed by atoms with E-state index in [9.17, 15) is 27.4 Å². The lowest BCUT2D eigenvalue weighted by molar-refractivity contribution is 0.590. The number of nitrogens with zero attached hydrogens (tertiary/aromatic N) is 3. The van der Waals surface area contributed by atoms with E-state index in [1.165, 1.54) is 28.5 Å². The average Bonchev–Trinajstić information content (AvgIpc) is 1.43. The molecule has 2 aromatic heterocycles. The van der Waals surface area contributed by atoms with Gasteiger partial charge in [-0.1, -0.05) is 152 Å². The maximum Gasteiger partial charge on any atom is 0.254 e. The lowest BCUT2D eigenvalue weighted by Gasteiger charge is -2.40. The molecule has 7 aromatic carbocycles. The Morgan fingerprint density at radius 1 is 0.548 bits per heavy atom. The molecule has 0 unspecified atom stereocenters. The highest BCUT2D eigenvalue weighted by Crippen LogP contribution is 2.49. The molecule has 5 heteroatoms. The first kappa shape index (κ1) is 21.9. The van der Waals surface area contributed by atoms with Crippen molar-refractivity contribution >= 4 is 99.8 Å². The van der Waals surface area contributed by atoms with E-state index < -0.39 is 155 Å².